The van der Waals surface area contributed by atoms with E-state index < -0.39 is 0 Å². The third-order valence-electron chi connectivity index (χ3n) is 4.11. The van der Waals surface area contributed by atoms with Crippen LogP contribution in [0.5, 0.6) is 17.2 Å². The Bertz CT molecular complexity index is 1060. The molecule has 2 aromatic heterocycles. The second-order valence-electron chi connectivity index (χ2n) is 5.89. The van der Waals surface area contributed by atoms with E-state index >= 15 is 0 Å². The van der Waals surface area contributed by atoms with Gasteiger partial charge >= 0.3 is 0 Å². The molecule has 0 fully saturated rings. The summed E-state index contributed by atoms with van der Waals surface area (Å²) in [5.74, 6) is 1.24. The molecule has 130 valence electrons. The molecule has 2 aromatic carbocycles. The van der Waals surface area contributed by atoms with Gasteiger partial charge in [-0.2, -0.15) is 0 Å². The van der Waals surface area contributed by atoms with Crippen LogP contribution in [0.1, 0.15) is 12.6 Å². The smallest absolute Gasteiger partial charge is 0.153 e. The van der Waals surface area contributed by atoms with Gasteiger partial charge in [0.25, 0.3) is 0 Å². The number of pyridine rings is 1. The number of halogens is 1. The zero-order valence-electron chi connectivity index (χ0n) is 14.1. The number of thiophene rings is 1. The monoisotopic (exact) mass is 365 g/mol. The molecular weight excluding hydrogens is 349 g/mol. The maximum Gasteiger partial charge on any atom is 0.153 e. The summed E-state index contributed by atoms with van der Waals surface area (Å²) in [6.07, 6.45) is 2.57. The number of aromatic hydroxyl groups is 1. The molecule has 0 amide bonds. The van der Waals surface area contributed by atoms with Crippen LogP contribution in [0, 0.1) is 5.82 Å². The van der Waals surface area contributed by atoms with Crippen molar-refractivity contribution in [1.29, 1.82) is 0 Å². The summed E-state index contributed by atoms with van der Waals surface area (Å²) in [6.45, 7) is 2.05. The first-order valence-electron chi connectivity index (χ1n) is 8.28. The van der Waals surface area contributed by atoms with Crippen molar-refractivity contribution in [2.24, 2.45) is 0 Å². The lowest BCUT2D eigenvalue weighted by Gasteiger charge is -2.08. The van der Waals surface area contributed by atoms with Crippen molar-refractivity contribution < 1.29 is 14.2 Å². The van der Waals surface area contributed by atoms with Crippen LogP contribution >= 0.6 is 11.3 Å². The standard InChI is InChI=1S/C21H16FNO2S/c1-2-15-7-9-17(12-23-15)25-20-18-10-8-16(24)11-19(18)26-21(20)13-3-5-14(22)6-4-13/h3-12,24H,2H2,1H3. The highest BCUT2D eigenvalue weighted by molar-refractivity contribution is 7.22. The van der Waals surface area contributed by atoms with Crippen LogP contribution in [-0.4, -0.2) is 10.1 Å². The molecule has 4 rings (SSSR count). The minimum atomic E-state index is -0.283. The van der Waals surface area contributed by atoms with Crippen molar-refractivity contribution in [3.05, 3.63) is 72.3 Å². The Hall–Kier alpha value is -2.92. The minimum absolute atomic E-state index is 0.199. The van der Waals surface area contributed by atoms with Gasteiger partial charge in [-0.15, -0.1) is 11.3 Å². The summed E-state index contributed by atoms with van der Waals surface area (Å²) >= 11 is 1.50. The molecule has 1 N–H and O–H groups in total. The van der Waals surface area contributed by atoms with E-state index in [-0.39, 0.29) is 11.6 Å². The van der Waals surface area contributed by atoms with Crippen molar-refractivity contribution in [3.63, 3.8) is 0 Å². The molecule has 0 spiro atoms. The number of aromatic nitrogens is 1. The summed E-state index contributed by atoms with van der Waals surface area (Å²) in [7, 11) is 0. The number of ether oxygens (including phenoxy) is 1. The molecule has 0 bridgehead atoms. The predicted octanol–water partition coefficient (Wildman–Crippen LogP) is 6.16. The second kappa shape index (κ2) is 6.77. The molecule has 5 heteroatoms. The molecular formula is C21H16FNO2S. The quantitative estimate of drug-likeness (QED) is 0.471. The highest BCUT2D eigenvalue weighted by atomic mass is 32.1. The van der Waals surface area contributed by atoms with Gasteiger partial charge in [0.05, 0.1) is 11.1 Å². The van der Waals surface area contributed by atoms with E-state index in [0.29, 0.717) is 11.5 Å². The van der Waals surface area contributed by atoms with Gasteiger partial charge in [0.15, 0.2) is 5.75 Å². The number of aryl methyl sites for hydroxylation is 1. The van der Waals surface area contributed by atoms with Crippen molar-refractivity contribution in [3.8, 4) is 27.7 Å². The summed E-state index contributed by atoms with van der Waals surface area (Å²) < 4.78 is 20.4. The van der Waals surface area contributed by atoms with Crippen LogP contribution in [0.2, 0.25) is 0 Å². The molecule has 3 nitrogen and oxygen atoms in total. The summed E-state index contributed by atoms with van der Waals surface area (Å²) in [5, 5.41) is 10.7. The van der Waals surface area contributed by atoms with E-state index in [9.17, 15) is 9.50 Å². The van der Waals surface area contributed by atoms with Crippen LogP contribution in [0.25, 0.3) is 20.5 Å². The Kier molecular flexibility index (Phi) is 4.31. The number of fused-ring (bicyclic) bond motifs is 1. The molecule has 0 saturated carbocycles. The summed E-state index contributed by atoms with van der Waals surface area (Å²) in [5.41, 5.74) is 1.86. The Labute approximate surface area is 154 Å². The van der Waals surface area contributed by atoms with Gasteiger partial charge in [-0.1, -0.05) is 19.1 Å². The molecule has 0 radical (unpaired) electrons. The number of hydrogen-bond donors (Lipinski definition) is 1. The highest BCUT2D eigenvalue weighted by Crippen LogP contribution is 2.47. The zero-order chi connectivity index (χ0) is 18.1. The van der Waals surface area contributed by atoms with Crippen molar-refractivity contribution in [1.82, 2.24) is 4.98 Å². The molecule has 0 aliphatic carbocycles. The van der Waals surface area contributed by atoms with Gasteiger partial charge in [0.1, 0.15) is 17.3 Å². The molecule has 2 heterocycles. The van der Waals surface area contributed by atoms with Gasteiger partial charge in [-0.3, -0.25) is 4.98 Å². The lowest BCUT2D eigenvalue weighted by Crippen LogP contribution is -1.89. The Morgan fingerprint density at radius 2 is 1.88 bits per heavy atom. The van der Waals surface area contributed by atoms with Crippen LogP contribution in [0.4, 0.5) is 4.39 Å². The largest absolute Gasteiger partial charge is 0.508 e. The normalized spacial score (nSPS) is 11.0. The SMILES string of the molecule is CCc1ccc(Oc2c(-c3ccc(F)cc3)sc3cc(O)ccc23)cn1. The summed E-state index contributed by atoms with van der Waals surface area (Å²) in [6, 6.07) is 15.3. The number of nitrogens with zero attached hydrogens (tertiary/aromatic N) is 1. The van der Waals surface area contributed by atoms with E-state index in [1.54, 1.807) is 30.5 Å². The molecule has 0 saturated heterocycles. The number of benzene rings is 2. The predicted molar refractivity (Wildman–Crippen MR) is 103 cm³/mol. The average molecular weight is 365 g/mol. The van der Waals surface area contributed by atoms with E-state index in [2.05, 4.69) is 4.98 Å². The molecule has 0 aliphatic rings. The topological polar surface area (TPSA) is 42.4 Å². The molecule has 26 heavy (non-hydrogen) atoms. The van der Waals surface area contributed by atoms with Crippen LogP contribution in [0.15, 0.2) is 60.8 Å². The van der Waals surface area contributed by atoms with Crippen LogP contribution in [-0.2, 0) is 6.42 Å². The maximum atomic E-state index is 13.3. The van der Waals surface area contributed by atoms with Gasteiger partial charge in [-0.05, 0) is 54.4 Å². The van der Waals surface area contributed by atoms with Crippen molar-refractivity contribution in [2.75, 3.05) is 0 Å². The molecule has 0 unspecified atom stereocenters. The van der Waals surface area contributed by atoms with E-state index in [1.807, 2.05) is 25.1 Å². The first kappa shape index (κ1) is 16.5. The fourth-order valence-electron chi connectivity index (χ4n) is 2.75. The average Bonchev–Trinajstić information content (AvgIpc) is 3.00. The number of phenols is 1. The van der Waals surface area contributed by atoms with Gasteiger partial charge in [-0.25, -0.2) is 4.39 Å². The van der Waals surface area contributed by atoms with E-state index in [4.69, 9.17) is 4.74 Å². The summed E-state index contributed by atoms with van der Waals surface area (Å²) in [4.78, 5) is 5.25. The lowest BCUT2D eigenvalue weighted by atomic mass is 10.1. The number of hydrogen-bond acceptors (Lipinski definition) is 4. The number of phenolic OH excluding ortho intramolecular Hbond substituents is 1. The third-order valence-corrected chi connectivity index (χ3v) is 5.30. The lowest BCUT2D eigenvalue weighted by molar-refractivity contribution is 0.476. The van der Waals surface area contributed by atoms with Gasteiger partial charge in [0, 0.05) is 15.8 Å². The first-order valence-corrected chi connectivity index (χ1v) is 9.10. The van der Waals surface area contributed by atoms with Crippen LogP contribution < -0.4 is 4.74 Å². The van der Waals surface area contributed by atoms with Gasteiger partial charge < -0.3 is 9.84 Å². The van der Waals surface area contributed by atoms with Crippen LogP contribution in [0.3, 0.4) is 0 Å². The molecule has 0 atom stereocenters. The van der Waals surface area contributed by atoms with E-state index in [1.165, 1.54) is 23.5 Å². The Morgan fingerprint density at radius 3 is 2.58 bits per heavy atom. The Balaban J connectivity index is 1.84. The maximum absolute atomic E-state index is 13.3. The second-order valence-corrected chi connectivity index (χ2v) is 6.94. The highest BCUT2D eigenvalue weighted by Gasteiger charge is 2.17. The molecule has 4 aromatic rings. The molecule has 0 aliphatic heterocycles. The van der Waals surface area contributed by atoms with Gasteiger partial charge in [0.2, 0.25) is 0 Å². The van der Waals surface area contributed by atoms with Crippen molar-refractivity contribution in [2.45, 2.75) is 13.3 Å². The van der Waals surface area contributed by atoms with E-state index in [0.717, 1.165) is 32.6 Å². The third kappa shape index (κ3) is 3.13. The van der Waals surface area contributed by atoms with Crippen molar-refractivity contribution >= 4 is 21.4 Å². The zero-order valence-corrected chi connectivity index (χ0v) is 14.9. The minimum Gasteiger partial charge on any atom is -0.508 e. The number of rotatable bonds is 4. The fraction of sp³-hybridized carbons (Fsp3) is 0.0952. The first-order chi connectivity index (χ1) is 12.6. The fourth-order valence-corrected chi connectivity index (χ4v) is 3.92. The Morgan fingerprint density at radius 1 is 1.08 bits per heavy atom.